The Bertz CT molecular complexity index is 281. The Kier molecular flexibility index (Phi) is 13.0. The highest BCUT2D eigenvalue weighted by atomic mass is 15.3. The monoisotopic (exact) mass is 358 g/mol. The summed E-state index contributed by atoms with van der Waals surface area (Å²) in [6.07, 6.45) is 9.49. The van der Waals surface area contributed by atoms with E-state index >= 15 is 0 Å². The highest BCUT2D eigenvalue weighted by molar-refractivity contribution is 4.48. The van der Waals surface area contributed by atoms with Crippen LogP contribution in [0.3, 0.4) is 0 Å². The van der Waals surface area contributed by atoms with Crippen LogP contribution in [0, 0.1) is 0 Å². The number of unbranched alkanes of at least 4 members (excludes halogenated alkanes) is 4. The third-order valence-electron chi connectivity index (χ3n) is 5.26. The molecule has 0 atom stereocenters. The lowest BCUT2D eigenvalue weighted by Gasteiger charge is -2.31. The van der Waals surface area contributed by atoms with Gasteiger partial charge in [0.1, 0.15) is 0 Å². The van der Waals surface area contributed by atoms with Gasteiger partial charge in [0.2, 0.25) is 0 Å². The Morgan fingerprint density at radius 3 is 1.00 bits per heavy atom. The third-order valence-corrected chi connectivity index (χ3v) is 5.26. The van der Waals surface area contributed by atoms with Crippen LogP contribution in [-0.4, -0.2) is 114 Å². The van der Waals surface area contributed by atoms with Crippen molar-refractivity contribution in [3.8, 4) is 0 Å². The minimum atomic E-state index is 1.19. The summed E-state index contributed by atoms with van der Waals surface area (Å²) in [7, 11) is 18.3. The van der Waals surface area contributed by atoms with E-state index in [0.717, 1.165) is 0 Å². The van der Waals surface area contributed by atoms with Gasteiger partial charge in [0.15, 0.2) is 0 Å². The zero-order chi connectivity index (χ0) is 19.3. The fourth-order valence-electron chi connectivity index (χ4n) is 3.42. The van der Waals surface area contributed by atoms with Crippen LogP contribution in [0.2, 0.25) is 0 Å². The molecule has 0 unspecified atom stereocenters. The molecule has 0 spiro atoms. The summed E-state index contributed by atoms with van der Waals surface area (Å²) >= 11 is 0. The van der Waals surface area contributed by atoms with Gasteiger partial charge in [-0.05, 0) is 86.2 Å². The molecule has 0 radical (unpaired) electrons. The van der Waals surface area contributed by atoms with Crippen LogP contribution < -0.4 is 0 Å². The van der Waals surface area contributed by atoms with Gasteiger partial charge in [0.05, 0.1) is 54.4 Å². The smallest absolute Gasteiger partial charge is 0.0782 e. The van der Waals surface area contributed by atoms with E-state index in [2.05, 4.69) is 66.2 Å². The first-order valence-electron chi connectivity index (χ1n) is 10.5. The topological polar surface area (TPSA) is 6.48 Å². The Labute approximate surface area is 159 Å². The second-order valence-corrected chi connectivity index (χ2v) is 9.85. The van der Waals surface area contributed by atoms with E-state index in [1.165, 1.54) is 93.2 Å². The van der Waals surface area contributed by atoms with E-state index in [9.17, 15) is 0 Å². The Hall–Kier alpha value is -0.160. The first-order valence-corrected chi connectivity index (χ1v) is 10.5. The average Bonchev–Trinajstić information content (AvgIpc) is 2.47. The Morgan fingerprint density at radius 1 is 0.440 bits per heavy atom. The molecule has 0 bridgehead atoms. The van der Waals surface area contributed by atoms with Gasteiger partial charge >= 0.3 is 0 Å². The lowest BCUT2D eigenvalue weighted by molar-refractivity contribution is -0.892. The van der Waals surface area contributed by atoms with Crippen molar-refractivity contribution in [2.75, 3.05) is 95.6 Å². The maximum Gasteiger partial charge on any atom is 0.0782 e. The lowest BCUT2D eigenvalue weighted by Crippen LogP contribution is -2.42. The molecule has 0 heterocycles. The number of hydrogen-bond donors (Lipinski definition) is 0. The van der Waals surface area contributed by atoms with Gasteiger partial charge in [0.25, 0.3) is 0 Å². The highest BCUT2D eigenvalue weighted by Gasteiger charge is 2.16. The zero-order valence-corrected chi connectivity index (χ0v) is 19.0. The van der Waals surface area contributed by atoms with Crippen LogP contribution in [0.15, 0.2) is 0 Å². The molecule has 0 aliphatic carbocycles. The van der Waals surface area contributed by atoms with Crippen molar-refractivity contribution in [3.05, 3.63) is 0 Å². The molecule has 0 N–H and O–H groups in total. The second-order valence-electron chi connectivity index (χ2n) is 9.85. The molecule has 0 aromatic carbocycles. The summed E-state index contributed by atoms with van der Waals surface area (Å²) in [6.45, 7) is 7.75. The quantitative estimate of drug-likeness (QED) is 0.309. The molecule has 0 aromatic rings. The fourth-order valence-corrected chi connectivity index (χ4v) is 3.42. The van der Waals surface area contributed by atoms with Crippen molar-refractivity contribution in [3.63, 3.8) is 0 Å². The van der Waals surface area contributed by atoms with Gasteiger partial charge in [0, 0.05) is 0 Å². The average molecular weight is 359 g/mol. The Balaban J connectivity index is 3.70. The molecule has 0 rings (SSSR count). The molecule has 0 saturated heterocycles. The number of rotatable bonds is 16. The molecular formula is C21H50N4+2. The highest BCUT2D eigenvalue weighted by Crippen LogP contribution is 2.10. The maximum atomic E-state index is 2.40. The van der Waals surface area contributed by atoms with E-state index in [0.29, 0.717) is 0 Å². The predicted octanol–water partition coefficient (Wildman–Crippen LogP) is 2.99. The second kappa shape index (κ2) is 13.1. The van der Waals surface area contributed by atoms with Crippen LogP contribution in [0.25, 0.3) is 0 Å². The van der Waals surface area contributed by atoms with Crippen molar-refractivity contribution < 1.29 is 8.97 Å². The number of quaternary nitrogens is 2. The van der Waals surface area contributed by atoms with E-state index < -0.39 is 0 Å². The van der Waals surface area contributed by atoms with Crippen LogP contribution >= 0.6 is 0 Å². The van der Waals surface area contributed by atoms with E-state index in [1.807, 2.05) is 0 Å². The lowest BCUT2D eigenvalue weighted by atomic mass is 10.1. The normalized spacial score (nSPS) is 13.2. The third kappa shape index (κ3) is 17.0. The van der Waals surface area contributed by atoms with Gasteiger partial charge in [-0.25, -0.2) is 0 Å². The largest absolute Gasteiger partial charge is 0.328 e. The molecule has 0 aliphatic heterocycles. The van der Waals surface area contributed by atoms with Gasteiger partial charge in [-0.3, -0.25) is 0 Å². The van der Waals surface area contributed by atoms with Gasteiger partial charge in [-0.2, -0.15) is 0 Å². The molecule has 152 valence electrons. The van der Waals surface area contributed by atoms with Crippen molar-refractivity contribution >= 4 is 0 Å². The summed E-state index contributed by atoms with van der Waals surface area (Å²) in [5.74, 6) is 0. The SMILES string of the molecule is CN(C)CCCC[N+](C)(C)CCCCC[N+](C)(C)CCCCN(C)C. The van der Waals surface area contributed by atoms with Gasteiger partial charge in [-0.1, -0.05) is 0 Å². The van der Waals surface area contributed by atoms with Crippen LogP contribution in [-0.2, 0) is 0 Å². The minimum absolute atomic E-state index is 1.19. The predicted molar refractivity (Wildman–Crippen MR) is 113 cm³/mol. The molecule has 4 nitrogen and oxygen atoms in total. The van der Waals surface area contributed by atoms with Gasteiger partial charge in [-0.15, -0.1) is 0 Å². The van der Waals surface area contributed by atoms with E-state index in [-0.39, 0.29) is 0 Å². The van der Waals surface area contributed by atoms with Crippen LogP contribution in [0.4, 0.5) is 0 Å². The van der Waals surface area contributed by atoms with Crippen molar-refractivity contribution in [1.82, 2.24) is 9.80 Å². The summed E-state index contributed by atoms with van der Waals surface area (Å²) in [5.41, 5.74) is 0. The molecule has 0 aromatic heterocycles. The fraction of sp³-hybridized carbons (Fsp3) is 1.00. The maximum absolute atomic E-state index is 2.40. The zero-order valence-electron chi connectivity index (χ0n) is 19.0. The summed E-state index contributed by atoms with van der Waals surface area (Å²) < 4.78 is 2.38. The first kappa shape index (κ1) is 24.8. The first-order chi connectivity index (χ1) is 11.5. The molecule has 0 aliphatic rings. The number of hydrogen-bond acceptors (Lipinski definition) is 2. The molecule has 0 amide bonds. The molecule has 4 heteroatoms. The van der Waals surface area contributed by atoms with Crippen LogP contribution in [0.1, 0.15) is 44.9 Å². The molecule has 0 fully saturated rings. The standard InChI is InChI=1S/C21H50N4/c1-22(2)16-10-14-20-24(5,6)18-12-9-13-19-25(7,8)21-15-11-17-23(3)4/h9-21H2,1-8H3/q+2. The Morgan fingerprint density at radius 2 is 0.720 bits per heavy atom. The van der Waals surface area contributed by atoms with E-state index in [4.69, 9.17) is 0 Å². The molecule has 25 heavy (non-hydrogen) atoms. The summed E-state index contributed by atoms with van der Waals surface area (Å²) in [6, 6.07) is 0. The van der Waals surface area contributed by atoms with Crippen molar-refractivity contribution in [2.45, 2.75) is 44.9 Å². The van der Waals surface area contributed by atoms with Crippen molar-refractivity contribution in [2.24, 2.45) is 0 Å². The van der Waals surface area contributed by atoms with Gasteiger partial charge < -0.3 is 18.8 Å². The van der Waals surface area contributed by atoms with Crippen LogP contribution in [0.5, 0.6) is 0 Å². The van der Waals surface area contributed by atoms with Crippen molar-refractivity contribution in [1.29, 1.82) is 0 Å². The minimum Gasteiger partial charge on any atom is -0.328 e. The molecule has 0 saturated carbocycles. The summed E-state index contributed by atoms with van der Waals surface area (Å²) in [5, 5.41) is 0. The number of nitrogens with zero attached hydrogens (tertiary/aromatic N) is 4. The van der Waals surface area contributed by atoms with E-state index in [1.54, 1.807) is 0 Å². The molecular weight excluding hydrogens is 308 g/mol. The summed E-state index contributed by atoms with van der Waals surface area (Å²) in [4.78, 5) is 4.58.